The molecule has 0 aromatic heterocycles. The summed E-state index contributed by atoms with van der Waals surface area (Å²) >= 11 is 5.75. The Balaban J connectivity index is 2.04. The first-order valence-corrected chi connectivity index (χ1v) is 8.15. The van der Waals surface area contributed by atoms with Gasteiger partial charge in [0.25, 0.3) is 0 Å². The van der Waals surface area contributed by atoms with Crippen molar-refractivity contribution in [2.45, 2.75) is 6.61 Å². The third-order valence-corrected chi connectivity index (χ3v) is 3.39. The van der Waals surface area contributed by atoms with E-state index in [0.717, 1.165) is 5.56 Å². The van der Waals surface area contributed by atoms with Gasteiger partial charge in [-0.25, -0.2) is 8.42 Å². The average Bonchev–Trinajstić information content (AvgIpc) is 2.29. The zero-order chi connectivity index (χ0) is 13.4. The Morgan fingerprint density at radius 2 is 1.61 bits per heavy atom. The zero-order valence-corrected chi connectivity index (χ0v) is 12.0. The van der Waals surface area contributed by atoms with E-state index < -0.39 is 9.05 Å². The van der Waals surface area contributed by atoms with Crippen molar-refractivity contribution in [2.24, 2.45) is 0 Å². The quantitative estimate of drug-likeness (QED) is 0.546. The van der Waals surface area contributed by atoms with Crippen LogP contribution in [0.4, 0.5) is 0 Å². The van der Waals surface area contributed by atoms with E-state index in [1.807, 2.05) is 12.1 Å². The standard InChI is InChI=1S/C11H14Cl2O4S/c12-11-3-1-10(2-4-11)9-17-6-5-16-7-8-18(13,14)15/h1-4H,5-9H2. The molecule has 1 aromatic carbocycles. The van der Waals surface area contributed by atoms with Gasteiger partial charge in [0.2, 0.25) is 9.05 Å². The molecular weight excluding hydrogens is 299 g/mol. The van der Waals surface area contributed by atoms with Crippen LogP contribution in [0.15, 0.2) is 24.3 Å². The molecule has 18 heavy (non-hydrogen) atoms. The third kappa shape index (κ3) is 7.89. The second-order valence-corrected chi connectivity index (χ2v) is 6.87. The molecule has 0 heterocycles. The molecule has 0 spiro atoms. The highest BCUT2D eigenvalue weighted by Crippen LogP contribution is 2.10. The van der Waals surface area contributed by atoms with Crippen molar-refractivity contribution in [1.82, 2.24) is 0 Å². The summed E-state index contributed by atoms with van der Waals surface area (Å²) in [4.78, 5) is 0. The van der Waals surface area contributed by atoms with Gasteiger partial charge in [-0.3, -0.25) is 0 Å². The fourth-order valence-corrected chi connectivity index (χ4v) is 1.78. The van der Waals surface area contributed by atoms with Crippen LogP contribution in [0.5, 0.6) is 0 Å². The van der Waals surface area contributed by atoms with Gasteiger partial charge in [-0.15, -0.1) is 0 Å². The molecule has 0 aliphatic heterocycles. The first kappa shape index (κ1) is 15.7. The fraction of sp³-hybridized carbons (Fsp3) is 0.455. The Kier molecular flexibility index (Phi) is 6.96. The van der Waals surface area contributed by atoms with Crippen molar-refractivity contribution >= 4 is 31.3 Å². The Hall–Kier alpha value is -0.330. The van der Waals surface area contributed by atoms with Crippen LogP contribution < -0.4 is 0 Å². The van der Waals surface area contributed by atoms with Crippen LogP contribution in [0.25, 0.3) is 0 Å². The molecule has 0 saturated carbocycles. The predicted molar refractivity (Wildman–Crippen MR) is 71.6 cm³/mol. The molecule has 0 saturated heterocycles. The van der Waals surface area contributed by atoms with E-state index in [2.05, 4.69) is 0 Å². The lowest BCUT2D eigenvalue weighted by Gasteiger charge is -2.05. The third-order valence-electron chi connectivity index (χ3n) is 2.03. The lowest BCUT2D eigenvalue weighted by Crippen LogP contribution is -2.10. The summed E-state index contributed by atoms with van der Waals surface area (Å²) in [6.07, 6.45) is 0. The molecule has 102 valence electrons. The molecule has 0 radical (unpaired) electrons. The molecule has 1 aromatic rings. The number of rotatable bonds is 8. The largest absolute Gasteiger partial charge is 0.378 e. The smallest absolute Gasteiger partial charge is 0.234 e. The van der Waals surface area contributed by atoms with Crippen molar-refractivity contribution in [3.63, 3.8) is 0 Å². The van der Waals surface area contributed by atoms with E-state index in [9.17, 15) is 8.42 Å². The van der Waals surface area contributed by atoms with Gasteiger partial charge in [0, 0.05) is 15.7 Å². The Bertz CT molecular complexity index is 445. The molecule has 0 aliphatic rings. The topological polar surface area (TPSA) is 52.6 Å². The lowest BCUT2D eigenvalue weighted by molar-refractivity contribution is 0.0459. The van der Waals surface area contributed by atoms with Crippen molar-refractivity contribution in [1.29, 1.82) is 0 Å². The Morgan fingerprint density at radius 1 is 1.00 bits per heavy atom. The summed E-state index contributed by atoms with van der Waals surface area (Å²) in [7, 11) is 1.55. The van der Waals surface area contributed by atoms with Crippen LogP contribution in [0.2, 0.25) is 5.02 Å². The molecule has 7 heteroatoms. The van der Waals surface area contributed by atoms with Gasteiger partial charge < -0.3 is 9.47 Å². The molecule has 4 nitrogen and oxygen atoms in total. The fourth-order valence-electron chi connectivity index (χ4n) is 1.15. The van der Waals surface area contributed by atoms with Gasteiger partial charge in [-0.05, 0) is 17.7 Å². The summed E-state index contributed by atoms with van der Waals surface area (Å²) in [6.45, 7) is 1.27. The van der Waals surface area contributed by atoms with Gasteiger partial charge in [0.15, 0.2) is 0 Å². The van der Waals surface area contributed by atoms with Crippen LogP contribution in [0.1, 0.15) is 5.56 Å². The highest BCUT2D eigenvalue weighted by atomic mass is 35.7. The summed E-state index contributed by atoms with van der Waals surface area (Å²) in [6, 6.07) is 7.34. The second kappa shape index (κ2) is 7.96. The van der Waals surface area contributed by atoms with Gasteiger partial charge in [0.05, 0.1) is 32.2 Å². The predicted octanol–water partition coefficient (Wildman–Crippen LogP) is 2.44. The minimum absolute atomic E-state index is 0.0795. The maximum atomic E-state index is 10.6. The van der Waals surface area contributed by atoms with Crippen LogP contribution in [0, 0.1) is 0 Å². The summed E-state index contributed by atoms with van der Waals surface area (Å²) in [5, 5.41) is 0.685. The van der Waals surface area contributed by atoms with Crippen LogP contribution >= 0.6 is 22.3 Å². The van der Waals surface area contributed by atoms with E-state index in [1.54, 1.807) is 12.1 Å². The number of benzene rings is 1. The van der Waals surface area contributed by atoms with Gasteiger partial charge in [-0.2, -0.15) is 0 Å². The molecule has 0 bridgehead atoms. The van der Waals surface area contributed by atoms with E-state index in [4.69, 9.17) is 31.8 Å². The molecule has 0 aliphatic carbocycles. The Labute approximate surface area is 116 Å². The Morgan fingerprint density at radius 3 is 2.22 bits per heavy atom. The van der Waals surface area contributed by atoms with Gasteiger partial charge in [0.1, 0.15) is 0 Å². The van der Waals surface area contributed by atoms with Crippen LogP contribution in [-0.2, 0) is 25.1 Å². The van der Waals surface area contributed by atoms with Crippen molar-refractivity contribution in [3.8, 4) is 0 Å². The minimum atomic E-state index is -3.47. The van der Waals surface area contributed by atoms with Gasteiger partial charge in [-0.1, -0.05) is 23.7 Å². The number of ether oxygens (including phenoxy) is 2. The molecule has 0 unspecified atom stereocenters. The SMILES string of the molecule is O=S(=O)(Cl)CCOCCOCc1ccc(Cl)cc1. The second-order valence-electron chi connectivity index (χ2n) is 3.53. The highest BCUT2D eigenvalue weighted by molar-refractivity contribution is 8.13. The maximum absolute atomic E-state index is 10.6. The number of halogens is 2. The zero-order valence-electron chi connectivity index (χ0n) is 9.64. The maximum Gasteiger partial charge on any atom is 0.234 e. The van der Waals surface area contributed by atoms with Gasteiger partial charge >= 0.3 is 0 Å². The van der Waals surface area contributed by atoms with E-state index in [1.165, 1.54) is 0 Å². The van der Waals surface area contributed by atoms with E-state index >= 15 is 0 Å². The summed E-state index contributed by atoms with van der Waals surface area (Å²) in [5.74, 6) is -0.189. The molecule has 0 fully saturated rings. The molecule has 0 amide bonds. The summed E-state index contributed by atoms with van der Waals surface area (Å²) in [5.41, 5.74) is 1.02. The van der Waals surface area contributed by atoms with Crippen LogP contribution in [-0.4, -0.2) is 34.0 Å². The summed E-state index contributed by atoms with van der Waals surface area (Å²) < 4.78 is 31.6. The normalized spacial score (nSPS) is 11.7. The first-order valence-electron chi connectivity index (χ1n) is 5.29. The van der Waals surface area contributed by atoms with Crippen molar-refractivity contribution in [2.75, 3.05) is 25.6 Å². The monoisotopic (exact) mass is 312 g/mol. The van der Waals surface area contributed by atoms with E-state index in [-0.39, 0.29) is 12.4 Å². The molecule has 0 N–H and O–H groups in total. The molecule has 1 rings (SSSR count). The van der Waals surface area contributed by atoms with Crippen molar-refractivity contribution in [3.05, 3.63) is 34.9 Å². The average molecular weight is 313 g/mol. The van der Waals surface area contributed by atoms with Crippen LogP contribution in [0.3, 0.4) is 0 Å². The number of hydrogen-bond donors (Lipinski definition) is 0. The lowest BCUT2D eigenvalue weighted by atomic mass is 10.2. The van der Waals surface area contributed by atoms with E-state index in [0.29, 0.717) is 24.8 Å². The molecule has 0 atom stereocenters. The van der Waals surface area contributed by atoms with Crippen molar-refractivity contribution < 1.29 is 17.9 Å². The highest BCUT2D eigenvalue weighted by Gasteiger charge is 2.03. The molecular formula is C11H14Cl2O4S. The number of hydrogen-bond acceptors (Lipinski definition) is 4. The minimum Gasteiger partial charge on any atom is -0.378 e. The first-order chi connectivity index (χ1) is 8.47.